The zero-order valence-electron chi connectivity index (χ0n) is 19.4. The summed E-state index contributed by atoms with van der Waals surface area (Å²) in [6.45, 7) is 10.1. The van der Waals surface area contributed by atoms with Gasteiger partial charge in [-0.1, -0.05) is 0 Å². The Hall–Kier alpha value is -2.35. The predicted octanol–water partition coefficient (Wildman–Crippen LogP) is 2.45. The maximum Gasteiger partial charge on any atom is 0.320 e. The fraction of sp³-hybridized carbons (Fsp3) is 0.708. The molecule has 1 aromatic rings. The van der Waals surface area contributed by atoms with Crippen LogP contribution < -0.4 is 4.90 Å². The molecule has 0 bridgehead atoms. The van der Waals surface area contributed by atoms with Gasteiger partial charge in [0.05, 0.1) is 13.0 Å². The molecule has 8 nitrogen and oxygen atoms in total. The SMILES string of the molecule is CCOC(=O)CCN1CCCN(C(=O)N2CCC3(CC2)CCN(c2ccncc2)C3)CC1. The minimum atomic E-state index is -0.138. The summed E-state index contributed by atoms with van der Waals surface area (Å²) < 4.78 is 5.03. The van der Waals surface area contributed by atoms with Gasteiger partial charge in [-0.05, 0) is 56.7 Å². The van der Waals surface area contributed by atoms with Crippen LogP contribution in [0.5, 0.6) is 0 Å². The summed E-state index contributed by atoms with van der Waals surface area (Å²) in [6, 6.07) is 4.37. The molecule has 176 valence electrons. The van der Waals surface area contributed by atoms with Crippen LogP contribution in [0.4, 0.5) is 10.5 Å². The van der Waals surface area contributed by atoms with Crippen molar-refractivity contribution in [3.63, 3.8) is 0 Å². The highest BCUT2D eigenvalue weighted by molar-refractivity contribution is 5.74. The lowest BCUT2D eigenvalue weighted by atomic mass is 9.78. The van der Waals surface area contributed by atoms with E-state index in [1.54, 1.807) is 0 Å². The smallest absolute Gasteiger partial charge is 0.320 e. The minimum Gasteiger partial charge on any atom is -0.466 e. The lowest BCUT2D eigenvalue weighted by Crippen LogP contribution is -2.50. The molecule has 3 fully saturated rings. The van der Waals surface area contributed by atoms with Crippen molar-refractivity contribution in [1.29, 1.82) is 0 Å². The summed E-state index contributed by atoms with van der Waals surface area (Å²) in [5, 5.41) is 0. The second-order valence-electron chi connectivity index (χ2n) is 9.38. The number of amides is 2. The fourth-order valence-electron chi connectivity index (χ4n) is 5.36. The minimum absolute atomic E-state index is 0.138. The van der Waals surface area contributed by atoms with E-state index in [0.717, 1.165) is 71.6 Å². The number of piperidine rings is 1. The quantitative estimate of drug-likeness (QED) is 0.651. The van der Waals surface area contributed by atoms with Gasteiger partial charge in [-0.15, -0.1) is 0 Å². The van der Waals surface area contributed by atoms with Crippen molar-refractivity contribution in [2.45, 2.75) is 39.0 Å². The molecule has 32 heavy (non-hydrogen) atoms. The number of aromatic nitrogens is 1. The number of urea groups is 1. The highest BCUT2D eigenvalue weighted by atomic mass is 16.5. The summed E-state index contributed by atoms with van der Waals surface area (Å²) in [6.07, 6.45) is 8.47. The molecule has 3 aliphatic heterocycles. The van der Waals surface area contributed by atoms with Crippen molar-refractivity contribution >= 4 is 17.7 Å². The molecule has 8 heteroatoms. The number of nitrogens with zero attached hydrogens (tertiary/aromatic N) is 5. The normalized spacial score (nSPS) is 21.6. The molecule has 3 aliphatic rings. The second kappa shape index (κ2) is 10.5. The molecule has 0 radical (unpaired) electrons. The number of anilines is 1. The number of hydrogen-bond acceptors (Lipinski definition) is 6. The molecule has 4 heterocycles. The standard InChI is InChI=1S/C24H37N5O3/c1-2-32-22(30)6-14-26-12-3-13-27(19-18-26)23(31)28-15-7-24(8-16-28)9-17-29(20-24)21-4-10-25-11-5-21/h4-5,10-11H,2-3,6-9,12-20H2,1H3. The van der Waals surface area contributed by atoms with Gasteiger partial charge in [0.1, 0.15) is 0 Å². The van der Waals surface area contributed by atoms with Crippen LogP contribution in [0.2, 0.25) is 0 Å². The number of pyridine rings is 1. The van der Waals surface area contributed by atoms with Gasteiger partial charge in [0.15, 0.2) is 0 Å². The van der Waals surface area contributed by atoms with E-state index in [1.165, 1.54) is 12.1 Å². The first-order chi connectivity index (χ1) is 15.6. The lowest BCUT2D eigenvalue weighted by Gasteiger charge is -2.41. The van der Waals surface area contributed by atoms with E-state index < -0.39 is 0 Å². The third-order valence-electron chi connectivity index (χ3n) is 7.36. The zero-order chi connectivity index (χ0) is 22.4. The van der Waals surface area contributed by atoms with Gasteiger partial charge in [0, 0.05) is 70.4 Å². The molecular weight excluding hydrogens is 406 g/mol. The first kappa shape index (κ1) is 22.8. The van der Waals surface area contributed by atoms with Crippen LogP contribution in [-0.2, 0) is 9.53 Å². The van der Waals surface area contributed by atoms with Crippen LogP contribution in [0.3, 0.4) is 0 Å². The Balaban J connectivity index is 1.23. The van der Waals surface area contributed by atoms with Gasteiger partial charge in [0.25, 0.3) is 0 Å². The van der Waals surface area contributed by atoms with Crippen molar-refractivity contribution in [2.24, 2.45) is 5.41 Å². The van der Waals surface area contributed by atoms with Gasteiger partial charge < -0.3 is 24.3 Å². The van der Waals surface area contributed by atoms with Crippen LogP contribution >= 0.6 is 0 Å². The number of carbonyl (C=O) groups excluding carboxylic acids is 2. The third kappa shape index (κ3) is 5.52. The van der Waals surface area contributed by atoms with Gasteiger partial charge in [-0.25, -0.2) is 4.79 Å². The van der Waals surface area contributed by atoms with Crippen molar-refractivity contribution in [2.75, 3.05) is 70.4 Å². The molecule has 3 saturated heterocycles. The maximum atomic E-state index is 13.2. The number of esters is 1. The number of carbonyl (C=O) groups is 2. The Bertz CT molecular complexity index is 766. The van der Waals surface area contributed by atoms with E-state index in [-0.39, 0.29) is 12.0 Å². The monoisotopic (exact) mass is 443 g/mol. The van der Waals surface area contributed by atoms with Crippen molar-refractivity contribution < 1.29 is 14.3 Å². The van der Waals surface area contributed by atoms with E-state index in [4.69, 9.17) is 4.74 Å². The molecule has 2 amide bonds. The van der Waals surface area contributed by atoms with E-state index in [1.807, 2.05) is 24.2 Å². The molecule has 4 rings (SSSR count). The van der Waals surface area contributed by atoms with Crippen molar-refractivity contribution in [1.82, 2.24) is 19.7 Å². The number of rotatable bonds is 5. The Morgan fingerprint density at radius 3 is 2.44 bits per heavy atom. The van der Waals surface area contributed by atoms with E-state index in [0.29, 0.717) is 25.0 Å². The zero-order valence-corrected chi connectivity index (χ0v) is 19.4. The van der Waals surface area contributed by atoms with Crippen LogP contribution in [0.25, 0.3) is 0 Å². The molecular formula is C24H37N5O3. The largest absolute Gasteiger partial charge is 0.466 e. The van der Waals surface area contributed by atoms with Crippen molar-refractivity contribution in [3.05, 3.63) is 24.5 Å². The molecule has 0 aromatic carbocycles. The van der Waals surface area contributed by atoms with Gasteiger partial charge in [-0.2, -0.15) is 0 Å². The number of hydrogen-bond donors (Lipinski definition) is 0. The van der Waals surface area contributed by atoms with Crippen LogP contribution in [0.1, 0.15) is 39.0 Å². The van der Waals surface area contributed by atoms with Crippen LogP contribution in [0.15, 0.2) is 24.5 Å². The van der Waals surface area contributed by atoms with Crippen LogP contribution in [0, 0.1) is 5.41 Å². The number of ether oxygens (including phenoxy) is 1. The summed E-state index contributed by atoms with van der Waals surface area (Å²) in [5.41, 5.74) is 1.59. The summed E-state index contributed by atoms with van der Waals surface area (Å²) in [7, 11) is 0. The molecule has 0 atom stereocenters. The lowest BCUT2D eigenvalue weighted by molar-refractivity contribution is -0.143. The Kier molecular flexibility index (Phi) is 7.50. The molecule has 0 N–H and O–H groups in total. The molecule has 0 unspecified atom stereocenters. The summed E-state index contributed by atoms with van der Waals surface area (Å²) in [4.78, 5) is 37.8. The van der Waals surface area contributed by atoms with E-state index in [2.05, 4.69) is 31.8 Å². The van der Waals surface area contributed by atoms with Crippen LogP contribution in [-0.4, -0.2) is 97.2 Å². The Labute approximate surface area is 191 Å². The first-order valence-corrected chi connectivity index (χ1v) is 12.2. The van der Waals surface area contributed by atoms with Gasteiger partial charge in [0.2, 0.25) is 0 Å². The highest BCUT2D eigenvalue weighted by Gasteiger charge is 2.42. The summed E-state index contributed by atoms with van der Waals surface area (Å²) in [5.74, 6) is -0.138. The van der Waals surface area contributed by atoms with Gasteiger partial charge >= 0.3 is 12.0 Å². The van der Waals surface area contributed by atoms with Crippen molar-refractivity contribution in [3.8, 4) is 0 Å². The molecule has 1 spiro atoms. The predicted molar refractivity (Wildman–Crippen MR) is 124 cm³/mol. The van der Waals surface area contributed by atoms with E-state index in [9.17, 15) is 9.59 Å². The average Bonchev–Trinajstić information content (AvgIpc) is 3.08. The maximum absolute atomic E-state index is 13.2. The van der Waals surface area contributed by atoms with E-state index >= 15 is 0 Å². The topological polar surface area (TPSA) is 69.2 Å². The fourth-order valence-corrected chi connectivity index (χ4v) is 5.36. The molecule has 1 aromatic heterocycles. The highest BCUT2D eigenvalue weighted by Crippen LogP contribution is 2.42. The molecule has 0 aliphatic carbocycles. The molecule has 0 saturated carbocycles. The van der Waals surface area contributed by atoms with Gasteiger partial charge in [-0.3, -0.25) is 9.78 Å². The first-order valence-electron chi connectivity index (χ1n) is 12.2. The number of likely N-dealkylation sites (tertiary alicyclic amines) is 1. The second-order valence-corrected chi connectivity index (χ2v) is 9.38. The Morgan fingerprint density at radius 1 is 0.969 bits per heavy atom. The average molecular weight is 444 g/mol. The Morgan fingerprint density at radius 2 is 1.69 bits per heavy atom. The third-order valence-corrected chi connectivity index (χ3v) is 7.36. The summed E-state index contributed by atoms with van der Waals surface area (Å²) >= 11 is 0.